The third-order valence-corrected chi connectivity index (χ3v) is 4.16. The Hall–Kier alpha value is -0.130. The van der Waals surface area contributed by atoms with Gasteiger partial charge >= 0.3 is 0 Å². The van der Waals surface area contributed by atoms with Crippen LogP contribution in [0.1, 0.15) is 19.8 Å². The molecule has 0 saturated carbocycles. The molecule has 0 aromatic heterocycles. The monoisotopic (exact) mass is 234 g/mol. The lowest BCUT2D eigenvalue weighted by Crippen LogP contribution is -2.31. The van der Waals surface area contributed by atoms with Crippen LogP contribution in [0.4, 0.5) is 0 Å². The standard InChI is InChI=1S/C10H22N2O2S/c1-4-6-11(2)8-10-5-7-12(9-10)15(3,13)14/h10H,4-9H2,1-3H3/t10-/m0/s1. The van der Waals surface area contributed by atoms with Gasteiger partial charge in [0.05, 0.1) is 6.26 Å². The molecule has 1 fully saturated rings. The molecular formula is C10H22N2O2S. The molecule has 4 nitrogen and oxygen atoms in total. The van der Waals surface area contributed by atoms with Crippen LogP contribution < -0.4 is 0 Å². The zero-order valence-electron chi connectivity index (χ0n) is 9.94. The van der Waals surface area contributed by atoms with Crippen LogP contribution in [-0.4, -0.2) is 57.1 Å². The second-order valence-electron chi connectivity index (χ2n) is 4.54. The van der Waals surface area contributed by atoms with Crippen molar-refractivity contribution in [2.45, 2.75) is 19.8 Å². The Balaban J connectivity index is 2.37. The Kier molecular flexibility index (Phi) is 4.55. The first-order valence-electron chi connectivity index (χ1n) is 5.57. The number of hydrogen-bond donors (Lipinski definition) is 0. The van der Waals surface area contributed by atoms with Crippen molar-refractivity contribution >= 4 is 10.0 Å². The van der Waals surface area contributed by atoms with Gasteiger partial charge in [0, 0.05) is 19.6 Å². The van der Waals surface area contributed by atoms with Crippen molar-refractivity contribution in [2.75, 3.05) is 39.5 Å². The minimum absolute atomic E-state index is 0.510. The van der Waals surface area contributed by atoms with E-state index in [0.29, 0.717) is 19.0 Å². The maximum atomic E-state index is 11.3. The Morgan fingerprint density at radius 1 is 1.47 bits per heavy atom. The van der Waals surface area contributed by atoms with Crippen LogP contribution in [0.2, 0.25) is 0 Å². The van der Waals surface area contributed by atoms with Gasteiger partial charge in [-0.15, -0.1) is 0 Å². The van der Waals surface area contributed by atoms with Gasteiger partial charge in [0.2, 0.25) is 10.0 Å². The molecule has 1 heterocycles. The topological polar surface area (TPSA) is 40.6 Å². The molecule has 0 unspecified atom stereocenters. The maximum Gasteiger partial charge on any atom is 0.211 e. The second-order valence-corrected chi connectivity index (χ2v) is 6.52. The van der Waals surface area contributed by atoms with Crippen molar-refractivity contribution in [2.24, 2.45) is 5.92 Å². The maximum absolute atomic E-state index is 11.3. The molecule has 1 saturated heterocycles. The smallest absolute Gasteiger partial charge is 0.211 e. The average Bonchev–Trinajstić information content (AvgIpc) is 2.52. The number of sulfonamides is 1. The molecular weight excluding hydrogens is 212 g/mol. The Morgan fingerprint density at radius 2 is 2.13 bits per heavy atom. The van der Waals surface area contributed by atoms with Gasteiger partial charge in [-0.05, 0) is 32.4 Å². The van der Waals surface area contributed by atoms with Gasteiger partial charge in [0.1, 0.15) is 0 Å². The molecule has 1 aliphatic rings. The van der Waals surface area contributed by atoms with E-state index in [1.54, 1.807) is 4.31 Å². The molecule has 1 atom stereocenters. The zero-order valence-corrected chi connectivity index (χ0v) is 10.8. The van der Waals surface area contributed by atoms with Crippen LogP contribution in [0.15, 0.2) is 0 Å². The lowest BCUT2D eigenvalue weighted by atomic mass is 10.1. The van der Waals surface area contributed by atoms with Crippen molar-refractivity contribution in [3.05, 3.63) is 0 Å². The van der Waals surface area contributed by atoms with Crippen LogP contribution in [0.5, 0.6) is 0 Å². The summed E-state index contributed by atoms with van der Waals surface area (Å²) in [6, 6.07) is 0. The van der Waals surface area contributed by atoms with Crippen molar-refractivity contribution in [1.29, 1.82) is 0 Å². The minimum Gasteiger partial charge on any atom is -0.306 e. The predicted octanol–water partition coefficient (Wildman–Crippen LogP) is 0.610. The van der Waals surface area contributed by atoms with E-state index in [0.717, 1.165) is 25.9 Å². The molecule has 0 aromatic carbocycles. The van der Waals surface area contributed by atoms with Crippen LogP contribution in [0.25, 0.3) is 0 Å². The second kappa shape index (κ2) is 5.27. The third kappa shape index (κ3) is 4.09. The zero-order chi connectivity index (χ0) is 11.5. The van der Waals surface area contributed by atoms with E-state index in [1.165, 1.54) is 6.26 Å². The van der Waals surface area contributed by atoms with Crippen LogP contribution in [0.3, 0.4) is 0 Å². The van der Waals surface area contributed by atoms with Gasteiger partial charge in [0.25, 0.3) is 0 Å². The largest absolute Gasteiger partial charge is 0.306 e. The molecule has 1 aliphatic heterocycles. The Labute approximate surface area is 93.3 Å². The molecule has 0 aliphatic carbocycles. The number of rotatable bonds is 5. The van der Waals surface area contributed by atoms with Crippen LogP contribution in [0, 0.1) is 5.92 Å². The van der Waals surface area contributed by atoms with Gasteiger partial charge in [0.15, 0.2) is 0 Å². The molecule has 5 heteroatoms. The third-order valence-electron chi connectivity index (χ3n) is 2.89. The lowest BCUT2D eigenvalue weighted by Gasteiger charge is -2.20. The molecule has 1 rings (SSSR count). The van der Waals surface area contributed by atoms with Crippen molar-refractivity contribution < 1.29 is 8.42 Å². The van der Waals surface area contributed by atoms with E-state index in [2.05, 4.69) is 18.9 Å². The molecule has 90 valence electrons. The number of nitrogens with zero attached hydrogens (tertiary/aromatic N) is 2. The summed E-state index contributed by atoms with van der Waals surface area (Å²) in [4.78, 5) is 2.29. The SMILES string of the molecule is CCCN(C)C[C@@H]1CCN(S(C)(=O)=O)C1. The summed E-state index contributed by atoms with van der Waals surface area (Å²) in [5.41, 5.74) is 0. The highest BCUT2D eigenvalue weighted by Gasteiger charge is 2.28. The fourth-order valence-electron chi connectivity index (χ4n) is 2.16. The van der Waals surface area contributed by atoms with Crippen molar-refractivity contribution in [1.82, 2.24) is 9.21 Å². The summed E-state index contributed by atoms with van der Waals surface area (Å²) in [7, 11) is -0.865. The summed E-state index contributed by atoms with van der Waals surface area (Å²) >= 11 is 0. The summed E-state index contributed by atoms with van der Waals surface area (Å²) < 4.78 is 24.2. The molecule has 0 aromatic rings. The van der Waals surface area contributed by atoms with Gasteiger partial charge in [-0.1, -0.05) is 6.92 Å². The van der Waals surface area contributed by atoms with E-state index in [1.807, 2.05) is 0 Å². The van der Waals surface area contributed by atoms with E-state index >= 15 is 0 Å². The molecule has 0 amide bonds. The minimum atomic E-state index is -2.97. The summed E-state index contributed by atoms with van der Waals surface area (Å²) in [6.45, 7) is 5.67. The van der Waals surface area contributed by atoms with Gasteiger partial charge in [-0.25, -0.2) is 12.7 Å². The lowest BCUT2D eigenvalue weighted by molar-refractivity contribution is 0.281. The number of hydrogen-bond acceptors (Lipinski definition) is 3. The highest BCUT2D eigenvalue weighted by atomic mass is 32.2. The van der Waals surface area contributed by atoms with Crippen LogP contribution in [-0.2, 0) is 10.0 Å². The van der Waals surface area contributed by atoms with Gasteiger partial charge in [-0.2, -0.15) is 0 Å². The first-order valence-corrected chi connectivity index (χ1v) is 7.42. The normalized spacial score (nSPS) is 23.9. The molecule has 0 N–H and O–H groups in total. The van der Waals surface area contributed by atoms with Gasteiger partial charge in [-0.3, -0.25) is 0 Å². The molecule has 0 radical (unpaired) electrons. The predicted molar refractivity (Wildman–Crippen MR) is 62.3 cm³/mol. The molecule has 15 heavy (non-hydrogen) atoms. The summed E-state index contributed by atoms with van der Waals surface area (Å²) in [5.74, 6) is 0.510. The fraction of sp³-hybridized carbons (Fsp3) is 1.00. The summed E-state index contributed by atoms with van der Waals surface area (Å²) in [6.07, 6.45) is 3.45. The fourth-order valence-corrected chi connectivity index (χ4v) is 3.08. The van der Waals surface area contributed by atoms with E-state index in [-0.39, 0.29) is 0 Å². The van der Waals surface area contributed by atoms with E-state index in [4.69, 9.17) is 0 Å². The quantitative estimate of drug-likeness (QED) is 0.700. The van der Waals surface area contributed by atoms with Crippen LogP contribution >= 0.6 is 0 Å². The Bertz CT molecular complexity index is 290. The van der Waals surface area contributed by atoms with Crippen molar-refractivity contribution in [3.8, 4) is 0 Å². The molecule has 0 spiro atoms. The Morgan fingerprint density at radius 3 is 2.60 bits per heavy atom. The van der Waals surface area contributed by atoms with Crippen molar-refractivity contribution in [3.63, 3.8) is 0 Å². The van der Waals surface area contributed by atoms with E-state index < -0.39 is 10.0 Å². The first kappa shape index (κ1) is 12.9. The van der Waals surface area contributed by atoms with Gasteiger partial charge < -0.3 is 4.90 Å². The molecule has 0 bridgehead atoms. The first-order chi connectivity index (χ1) is 6.93. The summed E-state index contributed by atoms with van der Waals surface area (Å²) in [5, 5.41) is 0. The highest BCUT2D eigenvalue weighted by molar-refractivity contribution is 7.88. The average molecular weight is 234 g/mol. The highest BCUT2D eigenvalue weighted by Crippen LogP contribution is 2.19. The van der Waals surface area contributed by atoms with E-state index in [9.17, 15) is 8.42 Å².